The molecule has 0 aromatic heterocycles. The van der Waals surface area contributed by atoms with E-state index >= 15 is 0 Å². The Labute approximate surface area is 142 Å². The molecule has 124 valence electrons. The van der Waals surface area contributed by atoms with Crippen molar-refractivity contribution in [2.45, 2.75) is 38.8 Å². The van der Waals surface area contributed by atoms with E-state index in [1.165, 1.54) is 11.3 Å². The zero-order valence-corrected chi connectivity index (χ0v) is 14.2. The predicted molar refractivity (Wildman–Crippen MR) is 99.8 cm³/mol. The van der Waals surface area contributed by atoms with Crippen LogP contribution in [0.3, 0.4) is 0 Å². The van der Waals surface area contributed by atoms with Crippen LogP contribution in [0.25, 0.3) is 10.4 Å². The second kappa shape index (κ2) is 7.28. The van der Waals surface area contributed by atoms with E-state index in [0.717, 1.165) is 25.1 Å². The number of nitrogens with zero attached hydrogens (tertiary/aromatic N) is 4. The van der Waals surface area contributed by atoms with Crippen LogP contribution in [0.4, 0.5) is 17.1 Å². The van der Waals surface area contributed by atoms with Gasteiger partial charge in [0.15, 0.2) is 0 Å². The fraction of sp³-hybridized carbons (Fsp3) is 0.368. The average Bonchev–Trinajstić information content (AvgIpc) is 2.60. The molecular formula is C19H23N5. The molecule has 0 radical (unpaired) electrons. The van der Waals surface area contributed by atoms with Gasteiger partial charge in [0.2, 0.25) is 0 Å². The number of nitrogens with one attached hydrogen (secondary N) is 1. The summed E-state index contributed by atoms with van der Waals surface area (Å²) in [4.78, 5) is 5.33. The lowest BCUT2D eigenvalue weighted by Gasteiger charge is -2.41. The first-order valence-corrected chi connectivity index (χ1v) is 8.50. The Hall–Kier alpha value is -2.65. The second-order valence-corrected chi connectivity index (χ2v) is 6.27. The van der Waals surface area contributed by atoms with Crippen molar-refractivity contribution in [2.75, 3.05) is 16.8 Å². The van der Waals surface area contributed by atoms with E-state index in [2.05, 4.69) is 58.4 Å². The van der Waals surface area contributed by atoms with Gasteiger partial charge in [0.05, 0.1) is 6.04 Å². The highest BCUT2D eigenvalue weighted by atomic mass is 15.2. The molecule has 0 bridgehead atoms. The number of benzene rings is 2. The van der Waals surface area contributed by atoms with E-state index in [9.17, 15) is 0 Å². The first-order chi connectivity index (χ1) is 11.7. The summed E-state index contributed by atoms with van der Waals surface area (Å²) in [6.45, 7) is 5.61. The number of azide groups is 1. The quantitative estimate of drug-likeness (QED) is 0.430. The highest BCUT2D eigenvalue weighted by molar-refractivity contribution is 5.61. The first-order valence-electron chi connectivity index (χ1n) is 8.50. The molecule has 1 heterocycles. The van der Waals surface area contributed by atoms with E-state index in [0.29, 0.717) is 11.7 Å². The Kier molecular flexibility index (Phi) is 4.92. The van der Waals surface area contributed by atoms with Gasteiger partial charge in [-0.3, -0.25) is 0 Å². The number of fused-ring (bicyclic) bond motifs is 1. The lowest BCUT2D eigenvalue weighted by molar-refractivity contribution is 0.513. The highest BCUT2D eigenvalue weighted by Gasteiger charge is 2.29. The molecule has 5 nitrogen and oxygen atoms in total. The summed E-state index contributed by atoms with van der Waals surface area (Å²) in [5.41, 5.74) is 12.9. The van der Waals surface area contributed by atoms with Gasteiger partial charge in [-0.1, -0.05) is 42.4 Å². The van der Waals surface area contributed by atoms with Crippen LogP contribution in [0.2, 0.25) is 0 Å². The Balaban J connectivity index is 1.85. The molecule has 1 aliphatic rings. The summed E-state index contributed by atoms with van der Waals surface area (Å²) < 4.78 is 0. The van der Waals surface area contributed by atoms with Gasteiger partial charge in [0.1, 0.15) is 0 Å². The summed E-state index contributed by atoms with van der Waals surface area (Å²) in [7, 11) is 0. The van der Waals surface area contributed by atoms with Crippen LogP contribution in [-0.4, -0.2) is 12.6 Å². The van der Waals surface area contributed by atoms with Crippen molar-refractivity contribution in [1.82, 2.24) is 0 Å². The van der Waals surface area contributed by atoms with Gasteiger partial charge in [-0.15, -0.1) is 0 Å². The van der Waals surface area contributed by atoms with Gasteiger partial charge in [0, 0.05) is 34.6 Å². The van der Waals surface area contributed by atoms with Crippen LogP contribution in [0.1, 0.15) is 38.3 Å². The fourth-order valence-electron chi connectivity index (χ4n) is 3.47. The zero-order valence-electron chi connectivity index (χ0n) is 14.2. The summed E-state index contributed by atoms with van der Waals surface area (Å²) in [5, 5.41) is 7.26. The van der Waals surface area contributed by atoms with Crippen molar-refractivity contribution in [3.63, 3.8) is 0 Å². The average molecular weight is 321 g/mol. The molecule has 0 saturated heterocycles. The maximum Gasteiger partial charge on any atom is 0.0553 e. The minimum atomic E-state index is 0.287. The van der Waals surface area contributed by atoms with E-state index in [1.54, 1.807) is 0 Å². The smallest absolute Gasteiger partial charge is 0.0553 e. The van der Waals surface area contributed by atoms with Gasteiger partial charge in [-0.05, 0) is 49.1 Å². The lowest BCUT2D eigenvalue weighted by Crippen LogP contribution is -2.40. The number of hydrogen-bond donors (Lipinski definition) is 1. The number of anilines is 2. The molecule has 0 unspecified atom stereocenters. The minimum Gasteiger partial charge on any atom is -0.378 e. The van der Waals surface area contributed by atoms with Crippen molar-refractivity contribution in [1.29, 1.82) is 0 Å². The molecule has 5 heteroatoms. The van der Waals surface area contributed by atoms with E-state index in [-0.39, 0.29) is 6.04 Å². The Morgan fingerprint density at radius 1 is 1.21 bits per heavy atom. The van der Waals surface area contributed by atoms with Crippen LogP contribution in [0.15, 0.2) is 53.6 Å². The molecule has 2 atom stereocenters. The first kappa shape index (κ1) is 16.2. The second-order valence-electron chi connectivity index (χ2n) is 6.27. The molecule has 3 rings (SSSR count). The van der Waals surface area contributed by atoms with Crippen molar-refractivity contribution >= 4 is 17.1 Å². The van der Waals surface area contributed by atoms with Gasteiger partial charge in [0.25, 0.3) is 0 Å². The highest BCUT2D eigenvalue weighted by Crippen LogP contribution is 2.38. The molecule has 2 aromatic rings. The molecule has 24 heavy (non-hydrogen) atoms. The molecule has 0 amide bonds. The lowest BCUT2D eigenvalue weighted by atomic mass is 9.91. The normalized spacial score (nSPS) is 19.3. The van der Waals surface area contributed by atoms with Crippen molar-refractivity contribution in [3.8, 4) is 0 Å². The van der Waals surface area contributed by atoms with Crippen molar-refractivity contribution in [3.05, 3.63) is 64.5 Å². The van der Waals surface area contributed by atoms with E-state index < -0.39 is 0 Å². The zero-order chi connectivity index (χ0) is 16.9. The number of para-hydroxylation sites is 1. The molecule has 1 aliphatic heterocycles. The molecular weight excluding hydrogens is 298 g/mol. The predicted octanol–water partition coefficient (Wildman–Crippen LogP) is 5.79. The van der Waals surface area contributed by atoms with Crippen molar-refractivity contribution < 1.29 is 0 Å². The Morgan fingerprint density at radius 2 is 1.96 bits per heavy atom. The summed E-state index contributed by atoms with van der Waals surface area (Å²) >= 11 is 0. The third-order valence-electron chi connectivity index (χ3n) is 4.56. The minimum absolute atomic E-state index is 0.287. The van der Waals surface area contributed by atoms with Crippen LogP contribution in [0, 0.1) is 0 Å². The molecule has 0 fully saturated rings. The topological polar surface area (TPSA) is 64.0 Å². The summed E-state index contributed by atoms with van der Waals surface area (Å²) in [6, 6.07) is 17.1. The fourth-order valence-corrected chi connectivity index (χ4v) is 3.47. The number of rotatable bonds is 5. The monoisotopic (exact) mass is 321 g/mol. The van der Waals surface area contributed by atoms with Gasteiger partial charge >= 0.3 is 0 Å². The van der Waals surface area contributed by atoms with Crippen LogP contribution < -0.4 is 10.2 Å². The molecule has 2 aromatic carbocycles. The maximum atomic E-state index is 8.50. The van der Waals surface area contributed by atoms with E-state index in [1.807, 2.05) is 24.3 Å². The molecule has 0 saturated carbocycles. The maximum absolute atomic E-state index is 8.50. The third kappa shape index (κ3) is 3.31. The van der Waals surface area contributed by atoms with Crippen LogP contribution >= 0.6 is 0 Å². The Bertz CT molecular complexity index is 734. The van der Waals surface area contributed by atoms with Crippen molar-refractivity contribution in [2.24, 2.45) is 5.11 Å². The van der Waals surface area contributed by atoms with Gasteiger partial charge < -0.3 is 10.2 Å². The standard InChI is InChI=1S/C19H23N5/c1-3-12-24-14(2)13-18(17-6-4-5-7-19(17)24)21-15-8-10-16(11-9-15)22-23-20/h4-11,14,18,21H,3,12-13H2,1-2H3/t14-,18+/m0/s1. The third-order valence-corrected chi connectivity index (χ3v) is 4.56. The van der Waals surface area contributed by atoms with Crippen LogP contribution in [-0.2, 0) is 0 Å². The largest absolute Gasteiger partial charge is 0.378 e. The molecule has 0 aliphatic carbocycles. The Morgan fingerprint density at radius 3 is 2.67 bits per heavy atom. The van der Waals surface area contributed by atoms with Crippen LogP contribution in [0.5, 0.6) is 0 Å². The van der Waals surface area contributed by atoms with Gasteiger partial charge in [-0.25, -0.2) is 0 Å². The molecule has 1 N–H and O–H groups in total. The summed E-state index contributed by atoms with van der Waals surface area (Å²) in [5.74, 6) is 0. The SMILES string of the molecule is CCCN1c2ccccc2[C@H](Nc2ccc(N=[N+]=[N-])cc2)C[C@@H]1C. The number of hydrogen-bond acceptors (Lipinski definition) is 3. The van der Waals surface area contributed by atoms with Gasteiger partial charge in [-0.2, -0.15) is 0 Å². The summed E-state index contributed by atoms with van der Waals surface area (Å²) in [6.07, 6.45) is 2.22. The molecule has 0 spiro atoms. The van der Waals surface area contributed by atoms with E-state index in [4.69, 9.17) is 5.53 Å².